The molecule has 1 aromatic carbocycles. The van der Waals surface area contributed by atoms with Gasteiger partial charge in [-0.2, -0.15) is 0 Å². The van der Waals surface area contributed by atoms with Crippen LogP contribution in [0.3, 0.4) is 0 Å². The fourth-order valence-electron chi connectivity index (χ4n) is 5.07. The molecule has 0 saturated carbocycles. The maximum absolute atomic E-state index is 12.4. The molecule has 104 valence electrons. The molecule has 0 bridgehead atoms. The van der Waals surface area contributed by atoms with Crippen LogP contribution in [0, 0.1) is 17.3 Å². The van der Waals surface area contributed by atoms with Gasteiger partial charge in [0.25, 0.3) is 0 Å². The van der Waals surface area contributed by atoms with E-state index in [9.17, 15) is 4.79 Å². The third-order valence-electron chi connectivity index (χ3n) is 5.79. The number of hydrogen-bond donors (Lipinski definition) is 0. The van der Waals surface area contributed by atoms with Crippen molar-refractivity contribution in [1.29, 1.82) is 0 Å². The molecule has 0 aromatic heterocycles. The predicted molar refractivity (Wildman–Crippen MR) is 77.3 cm³/mol. The first-order valence-corrected chi connectivity index (χ1v) is 7.49. The first-order valence-electron chi connectivity index (χ1n) is 7.49. The molecule has 2 heteroatoms. The van der Waals surface area contributed by atoms with E-state index in [0.717, 1.165) is 12.8 Å². The summed E-state index contributed by atoms with van der Waals surface area (Å²) < 4.78 is 5.51. The summed E-state index contributed by atoms with van der Waals surface area (Å²) in [4.78, 5) is 12.4. The van der Waals surface area contributed by atoms with Crippen LogP contribution in [-0.2, 0) is 21.4 Å². The number of cyclic esters (lactones) is 1. The van der Waals surface area contributed by atoms with Gasteiger partial charge in [-0.05, 0) is 36.8 Å². The van der Waals surface area contributed by atoms with Gasteiger partial charge in [-0.15, -0.1) is 0 Å². The molecule has 0 radical (unpaired) electrons. The Morgan fingerprint density at radius 2 is 2.05 bits per heavy atom. The molecular formula is C18H20O2. The van der Waals surface area contributed by atoms with Crippen molar-refractivity contribution in [2.75, 3.05) is 6.61 Å². The zero-order chi connectivity index (χ0) is 14.0. The number of rotatable bonds is 0. The quantitative estimate of drug-likeness (QED) is 0.533. The Labute approximate surface area is 119 Å². The van der Waals surface area contributed by atoms with E-state index in [1.807, 2.05) is 0 Å². The van der Waals surface area contributed by atoms with Gasteiger partial charge in [0.1, 0.15) is 0 Å². The minimum atomic E-state index is -0.455. The molecule has 4 atom stereocenters. The van der Waals surface area contributed by atoms with Crippen LogP contribution in [0.15, 0.2) is 36.4 Å². The second-order valence-electron chi connectivity index (χ2n) is 7.00. The molecule has 20 heavy (non-hydrogen) atoms. The zero-order valence-electron chi connectivity index (χ0n) is 12.1. The minimum absolute atomic E-state index is 0.0414. The van der Waals surface area contributed by atoms with Crippen LogP contribution in [0.25, 0.3) is 0 Å². The van der Waals surface area contributed by atoms with Gasteiger partial charge in [-0.3, -0.25) is 4.79 Å². The van der Waals surface area contributed by atoms with E-state index in [2.05, 4.69) is 50.3 Å². The molecule has 2 nitrogen and oxygen atoms in total. The average Bonchev–Trinajstić information content (AvgIpc) is 2.43. The standard InChI is InChI=1S/C18H20O2/c1-17-8-5-9-18(2)15(17)13(11-20-16(18)19)10-12-6-3-4-7-14(12)17/h3-7,9,13,15H,8,10-11H2,1-2H3/t13-,15+,17-,18+/m1/s1. The summed E-state index contributed by atoms with van der Waals surface area (Å²) in [7, 11) is 0. The molecule has 0 amide bonds. The topological polar surface area (TPSA) is 26.3 Å². The summed E-state index contributed by atoms with van der Waals surface area (Å²) in [6, 6.07) is 8.74. The predicted octanol–water partition coefficient (Wildman–Crippen LogP) is 3.26. The lowest BCUT2D eigenvalue weighted by atomic mass is 9.48. The molecule has 2 aliphatic carbocycles. The van der Waals surface area contributed by atoms with Gasteiger partial charge < -0.3 is 4.74 Å². The Morgan fingerprint density at radius 3 is 2.90 bits per heavy atom. The van der Waals surface area contributed by atoms with Crippen LogP contribution >= 0.6 is 0 Å². The molecule has 0 N–H and O–H groups in total. The number of hydrogen-bond acceptors (Lipinski definition) is 2. The van der Waals surface area contributed by atoms with Crippen LogP contribution in [0.1, 0.15) is 31.4 Å². The van der Waals surface area contributed by atoms with Gasteiger partial charge in [-0.1, -0.05) is 43.3 Å². The first kappa shape index (κ1) is 12.2. The molecule has 3 aliphatic rings. The summed E-state index contributed by atoms with van der Waals surface area (Å²) in [6.07, 6.45) is 6.34. The number of benzene rings is 1. The summed E-state index contributed by atoms with van der Waals surface area (Å²) in [5.74, 6) is 0.763. The second kappa shape index (κ2) is 3.75. The van der Waals surface area contributed by atoms with Crippen molar-refractivity contribution in [2.45, 2.75) is 32.1 Å². The Kier molecular flexibility index (Phi) is 2.28. The lowest BCUT2D eigenvalue weighted by Crippen LogP contribution is -2.58. The van der Waals surface area contributed by atoms with E-state index in [1.54, 1.807) is 0 Å². The van der Waals surface area contributed by atoms with Crippen molar-refractivity contribution in [2.24, 2.45) is 17.3 Å². The van der Waals surface area contributed by atoms with E-state index < -0.39 is 5.41 Å². The lowest BCUT2D eigenvalue weighted by molar-refractivity contribution is -0.174. The Morgan fingerprint density at radius 1 is 1.25 bits per heavy atom. The van der Waals surface area contributed by atoms with Crippen molar-refractivity contribution in [1.82, 2.24) is 0 Å². The Balaban J connectivity index is 1.96. The third-order valence-corrected chi connectivity index (χ3v) is 5.79. The Bertz CT molecular complexity index is 618. The van der Waals surface area contributed by atoms with E-state index in [4.69, 9.17) is 4.74 Å². The smallest absolute Gasteiger partial charge is 0.315 e. The normalized spacial score (nSPS) is 41.6. The highest BCUT2D eigenvalue weighted by Gasteiger charge is 2.59. The van der Waals surface area contributed by atoms with Gasteiger partial charge in [0.05, 0.1) is 12.0 Å². The monoisotopic (exact) mass is 268 g/mol. The SMILES string of the molecule is C[C@@]12C=CC[C@]3(C)c4ccccc4C[C@H](COC1=O)[C@H]23. The summed E-state index contributed by atoms with van der Waals surface area (Å²) in [6.45, 7) is 4.98. The number of fused-ring (bicyclic) bond motifs is 2. The number of carbonyl (C=O) groups is 1. The molecule has 1 saturated heterocycles. The molecule has 1 aliphatic heterocycles. The van der Waals surface area contributed by atoms with Crippen LogP contribution in [0.4, 0.5) is 0 Å². The number of ether oxygens (including phenoxy) is 1. The van der Waals surface area contributed by atoms with Crippen molar-refractivity contribution < 1.29 is 9.53 Å². The van der Waals surface area contributed by atoms with E-state index in [-0.39, 0.29) is 11.4 Å². The molecular weight excluding hydrogens is 248 g/mol. The summed E-state index contributed by atoms with van der Waals surface area (Å²) >= 11 is 0. The molecule has 1 heterocycles. The largest absolute Gasteiger partial charge is 0.465 e. The fourth-order valence-corrected chi connectivity index (χ4v) is 5.07. The van der Waals surface area contributed by atoms with E-state index in [1.165, 1.54) is 11.1 Å². The van der Waals surface area contributed by atoms with Gasteiger partial charge >= 0.3 is 5.97 Å². The summed E-state index contributed by atoms with van der Waals surface area (Å²) in [5.41, 5.74) is 2.48. The molecule has 1 aromatic rings. The molecule has 0 unspecified atom stereocenters. The minimum Gasteiger partial charge on any atom is -0.465 e. The number of esters is 1. The average molecular weight is 268 g/mol. The van der Waals surface area contributed by atoms with Crippen LogP contribution < -0.4 is 0 Å². The van der Waals surface area contributed by atoms with Crippen molar-refractivity contribution in [3.8, 4) is 0 Å². The number of allylic oxidation sites excluding steroid dienone is 1. The van der Waals surface area contributed by atoms with Gasteiger partial charge in [0.2, 0.25) is 0 Å². The van der Waals surface area contributed by atoms with Crippen LogP contribution in [0.5, 0.6) is 0 Å². The lowest BCUT2D eigenvalue weighted by Gasteiger charge is -2.57. The van der Waals surface area contributed by atoms with Gasteiger partial charge in [-0.25, -0.2) is 0 Å². The van der Waals surface area contributed by atoms with E-state index in [0.29, 0.717) is 18.4 Å². The third kappa shape index (κ3) is 1.32. The highest BCUT2D eigenvalue weighted by molar-refractivity contribution is 5.81. The van der Waals surface area contributed by atoms with Crippen molar-refractivity contribution in [3.05, 3.63) is 47.5 Å². The van der Waals surface area contributed by atoms with Crippen molar-refractivity contribution >= 4 is 5.97 Å². The highest BCUT2D eigenvalue weighted by Crippen LogP contribution is 2.58. The number of carbonyl (C=O) groups excluding carboxylic acids is 1. The Hall–Kier alpha value is -1.57. The maximum Gasteiger partial charge on any atom is 0.315 e. The van der Waals surface area contributed by atoms with Crippen molar-refractivity contribution in [3.63, 3.8) is 0 Å². The zero-order valence-corrected chi connectivity index (χ0v) is 12.1. The molecule has 1 fully saturated rings. The maximum atomic E-state index is 12.4. The second-order valence-corrected chi connectivity index (χ2v) is 7.00. The summed E-state index contributed by atoms with van der Waals surface area (Å²) in [5, 5.41) is 0. The van der Waals surface area contributed by atoms with Gasteiger partial charge in [0.15, 0.2) is 0 Å². The van der Waals surface area contributed by atoms with E-state index >= 15 is 0 Å². The van der Waals surface area contributed by atoms with Gasteiger partial charge in [0, 0.05) is 11.3 Å². The highest BCUT2D eigenvalue weighted by atomic mass is 16.5. The van der Waals surface area contributed by atoms with Crippen LogP contribution in [0.2, 0.25) is 0 Å². The fraction of sp³-hybridized carbons (Fsp3) is 0.500. The molecule has 4 rings (SSSR count). The first-order chi connectivity index (χ1) is 9.56. The molecule has 0 spiro atoms. The van der Waals surface area contributed by atoms with Crippen LogP contribution in [-0.4, -0.2) is 12.6 Å².